The Balaban J connectivity index is 1.27. The quantitative estimate of drug-likeness (QED) is 0.330. The Morgan fingerprint density at radius 3 is 2.24 bits per heavy atom. The number of nitrogens with zero attached hydrogens (tertiary/aromatic N) is 2. The maximum absolute atomic E-state index is 13.1. The third-order valence-corrected chi connectivity index (χ3v) is 7.81. The van der Waals surface area contributed by atoms with Gasteiger partial charge in [0, 0.05) is 25.9 Å². The second kappa shape index (κ2) is 14.3. The van der Waals surface area contributed by atoms with E-state index in [1.54, 1.807) is 43.3 Å². The topological polar surface area (TPSA) is 109 Å². The van der Waals surface area contributed by atoms with E-state index in [4.69, 9.17) is 14.7 Å². The first kappa shape index (κ1) is 30.3. The molecule has 42 heavy (non-hydrogen) atoms. The van der Waals surface area contributed by atoms with E-state index in [-0.39, 0.29) is 24.2 Å². The zero-order chi connectivity index (χ0) is 30.0. The molecule has 0 saturated carbocycles. The van der Waals surface area contributed by atoms with Crippen LogP contribution in [-0.2, 0) is 37.7 Å². The van der Waals surface area contributed by atoms with Gasteiger partial charge in [0.25, 0.3) is 0 Å². The molecule has 8 nitrogen and oxygen atoms in total. The summed E-state index contributed by atoms with van der Waals surface area (Å²) in [6.45, 7) is 3.27. The minimum atomic E-state index is -1.36. The van der Waals surface area contributed by atoms with Gasteiger partial charge in [-0.2, -0.15) is 5.26 Å². The van der Waals surface area contributed by atoms with Crippen molar-refractivity contribution >= 4 is 17.8 Å². The van der Waals surface area contributed by atoms with Crippen molar-refractivity contribution in [2.45, 2.75) is 51.2 Å². The lowest BCUT2D eigenvalue weighted by Gasteiger charge is -2.33. The first-order valence-electron chi connectivity index (χ1n) is 14.2. The number of piperidine rings is 1. The molecule has 1 atom stereocenters. The molecule has 0 bridgehead atoms. The minimum Gasteiger partial charge on any atom is -0.489 e. The molecule has 0 unspecified atom stereocenters. The Bertz CT molecular complexity index is 1390. The number of carbonyl (C=O) groups is 3. The average Bonchev–Trinajstić information content (AvgIpc) is 3.03. The molecule has 0 aliphatic carbocycles. The highest BCUT2D eigenvalue weighted by molar-refractivity contribution is 5.89. The molecule has 3 aromatic rings. The SMILES string of the molecule is COC(=O)[C@@](C)(NC(=O)CC1CCN(C(=O)CCc2ccc(C#N)cc2)CC1)c1ccc(OCc2ccccc2)cc1. The summed E-state index contributed by atoms with van der Waals surface area (Å²) < 4.78 is 10.9. The van der Waals surface area contributed by atoms with Crippen LogP contribution in [0.15, 0.2) is 78.9 Å². The number of hydrogen-bond donors (Lipinski definition) is 1. The first-order chi connectivity index (χ1) is 20.3. The number of nitriles is 1. The van der Waals surface area contributed by atoms with Crippen molar-refractivity contribution < 1.29 is 23.9 Å². The van der Waals surface area contributed by atoms with E-state index in [0.717, 1.165) is 24.0 Å². The van der Waals surface area contributed by atoms with E-state index in [9.17, 15) is 14.4 Å². The number of nitrogens with one attached hydrogen (secondary N) is 1. The Hall–Kier alpha value is -4.64. The van der Waals surface area contributed by atoms with Crippen molar-refractivity contribution in [2.24, 2.45) is 5.92 Å². The lowest BCUT2D eigenvalue weighted by molar-refractivity contribution is -0.151. The number of amides is 2. The normalized spacial score (nSPS) is 14.7. The van der Waals surface area contributed by atoms with Crippen molar-refractivity contribution in [2.75, 3.05) is 20.2 Å². The number of carbonyl (C=O) groups excluding carboxylic acids is 3. The third kappa shape index (κ3) is 7.97. The van der Waals surface area contributed by atoms with Crippen LogP contribution in [0.5, 0.6) is 5.75 Å². The van der Waals surface area contributed by atoms with Gasteiger partial charge in [0.15, 0.2) is 5.54 Å². The maximum Gasteiger partial charge on any atom is 0.336 e. The number of ether oxygens (including phenoxy) is 2. The molecule has 1 heterocycles. The molecule has 0 radical (unpaired) electrons. The second-order valence-electron chi connectivity index (χ2n) is 10.8. The van der Waals surface area contributed by atoms with Crippen LogP contribution in [0.4, 0.5) is 0 Å². The van der Waals surface area contributed by atoms with Gasteiger partial charge in [-0.1, -0.05) is 54.6 Å². The van der Waals surface area contributed by atoms with Gasteiger partial charge in [0.1, 0.15) is 12.4 Å². The molecule has 1 aliphatic rings. The lowest BCUT2D eigenvalue weighted by Crippen LogP contribution is -2.50. The fraction of sp³-hybridized carbons (Fsp3) is 0.353. The number of benzene rings is 3. The number of rotatable bonds is 11. The molecule has 1 N–H and O–H groups in total. The predicted octanol–water partition coefficient (Wildman–Crippen LogP) is 4.90. The maximum atomic E-state index is 13.1. The number of hydrogen-bond acceptors (Lipinski definition) is 6. The summed E-state index contributed by atoms with van der Waals surface area (Å²) in [5, 5.41) is 11.8. The van der Waals surface area contributed by atoms with E-state index < -0.39 is 11.5 Å². The summed E-state index contributed by atoms with van der Waals surface area (Å²) in [5.41, 5.74) is 1.91. The van der Waals surface area contributed by atoms with Crippen LogP contribution >= 0.6 is 0 Å². The van der Waals surface area contributed by atoms with Gasteiger partial charge in [0.05, 0.1) is 18.7 Å². The summed E-state index contributed by atoms with van der Waals surface area (Å²) in [4.78, 5) is 40.6. The molecule has 1 fully saturated rings. The van der Waals surface area contributed by atoms with Crippen LogP contribution < -0.4 is 10.1 Å². The summed E-state index contributed by atoms with van der Waals surface area (Å²) in [7, 11) is 1.30. The van der Waals surface area contributed by atoms with Crippen molar-refractivity contribution in [3.8, 4) is 11.8 Å². The van der Waals surface area contributed by atoms with Crippen LogP contribution in [0.25, 0.3) is 0 Å². The van der Waals surface area contributed by atoms with E-state index in [1.807, 2.05) is 47.4 Å². The number of esters is 1. The van der Waals surface area contributed by atoms with Crippen LogP contribution in [0.3, 0.4) is 0 Å². The van der Waals surface area contributed by atoms with E-state index >= 15 is 0 Å². The Labute approximate surface area is 247 Å². The molecule has 8 heteroatoms. The molecule has 1 saturated heterocycles. The number of methoxy groups -OCH3 is 1. The van der Waals surface area contributed by atoms with Crippen LogP contribution in [0.1, 0.15) is 54.9 Å². The fourth-order valence-electron chi connectivity index (χ4n) is 5.20. The number of aryl methyl sites for hydroxylation is 1. The molecule has 2 amide bonds. The Morgan fingerprint density at radius 1 is 0.952 bits per heavy atom. The monoisotopic (exact) mass is 567 g/mol. The Morgan fingerprint density at radius 2 is 1.62 bits per heavy atom. The molecule has 3 aromatic carbocycles. The zero-order valence-corrected chi connectivity index (χ0v) is 24.2. The van der Waals surface area contributed by atoms with Gasteiger partial charge < -0.3 is 19.7 Å². The van der Waals surface area contributed by atoms with Crippen molar-refractivity contribution in [3.05, 3.63) is 101 Å². The van der Waals surface area contributed by atoms with E-state index in [0.29, 0.717) is 49.4 Å². The van der Waals surface area contributed by atoms with Crippen molar-refractivity contribution in [1.29, 1.82) is 5.26 Å². The van der Waals surface area contributed by atoms with Gasteiger partial charge in [-0.15, -0.1) is 0 Å². The van der Waals surface area contributed by atoms with Crippen LogP contribution in [-0.4, -0.2) is 42.9 Å². The van der Waals surface area contributed by atoms with E-state index in [2.05, 4.69) is 11.4 Å². The molecule has 1 aliphatic heterocycles. The zero-order valence-electron chi connectivity index (χ0n) is 24.2. The lowest BCUT2D eigenvalue weighted by atomic mass is 9.89. The van der Waals surface area contributed by atoms with Gasteiger partial charge in [-0.25, -0.2) is 4.79 Å². The van der Waals surface area contributed by atoms with Crippen molar-refractivity contribution in [3.63, 3.8) is 0 Å². The highest BCUT2D eigenvalue weighted by atomic mass is 16.5. The molecular weight excluding hydrogens is 530 g/mol. The number of likely N-dealkylation sites (tertiary alicyclic amines) is 1. The highest BCUT2D eigenvalue weighted by Gasteiger charge is 2.38. The van der Waals surface area contributed by atoms with Crippen LogP contribution in [0, 0.1) is 17.2 Å². The molecular formula is C34H37N3O5. The summed E-state index contributed by atoms with van der Waals surface area (Å²) >= 11 is 0. The van der Waals surface area contributed by atoms with Gasteiger partial charge in [-0.3, -0.25) is 9.59 Å². The van der Waals surface area contributed by atoms with E-state index in [1.165, 1.54) is 7.11 Å². The summed E-state index contributed by atoms with van der Waals surface area (Å²) in [6, 6.07) is 26.3. The fourth-order valence-corrected chi connectivity index (χ4v) is 5.20. The summed E-state index contributed by atoms with van der Waals surface area (Å²) in [5.74, 6) is 0.0636. The van der Waals surface area contributed by atoms with Gasteiger partial charge in [-0.05, 0) is 73.1 Å². The Kier molecular flexibility index (Phi) is 10.3. The van der Waals surface area contributed by atoms with Crippen molar-refractivity contribution in [1.82, 2.24) is 10.2 Å². The first-order valence-corrected chi connectivity index (χ1v) is 14.2. The molecule has 218 valence electrons. The predicted molar refractivity (Wildman–Crippen MR) is 158 cm³/mol. The summed E-state index contributed by atoms with van der Waals surface area (Å²) in [6.07, 6.45) is 2.73. The molecule has 0 spiro atoms. The smallest absolute Gasteiger partial charge is 0.336 e. The largest absolute Gasteiger partial charge is 0.489 e. The highest BCUT2D eigenvalue weighted by Crippen LogP contribution is 2.27. The van der Waals surface area contributed by atoms with Gasteiger partial charge in [0.2, 0.25) is 11.8 Å². The molecule has 4 rings (SSSR count). The van der Waals surface area contributed by atoms with Crippen LogP contribution in [0.2, 0.25) is 0 Å². The minimum absolute atomic E-state index is 0.0942. The molecule has 0 aromatic heterocycles. The average molecular weight is 568 g/mol. The second-order valence-corrected chi connectivity index (χ2v) is 10.8. The van der Waals surface area contributed by atoms with Gasteiger partial charge >= 0.3 is 5.97 Å². The third-order valence-electron chi connectivity index (χ3n) is 7.81. The standard InChI is InChI=1S/C34H37N3O5/c1-34(33(40)41-2,29-13-15-30(16-14-29)42-24-28-6-4-3-5-7-28)36-31(38)22-26-18-20-37(21-19-26)32(39)17-12-25-8-10-27(23-35)11-9-25/h3-11,13-16,26H,12,17-22,24H2,1-2H3,(H,36,38)/t34-/m0/s1.